The van der Waals surface area contributed by atoms with Gasteiger partial charge in [0.05, 0.1) is 23.7 Å². The zero-order valence-corrected chi connectivity index (χ0v) is 49.8. The Morgan fingerprint density at radius 2 is 1.09 bits per heavy atom. The van der Waals surface area contributed by atoms with Crippen LogP contribution in [-0.4, -0.2) is 53.5 Å². The number of rotatable bonds is 6. The Morgan fingerprint density at radius 1 is 0.512 bits per heavy atom. The molecule has 0 unspecified atom stereocenters. The number of amides is 2. The van der Waals surface area contributed by atoms with E-state index in [0.717, 1.165) is 52.8 Å². The number of pyridine rings is 3. The molecule has 2 aliphatic heterocycles. The fourth-order valence-electron chi connectivity index (χ4n) is 8.19. The van der Waals surface area contributed by atoms with E-state index >= 15 is 0 Å². The molecule has 80 heavy (non-hydrogen) atoms. The number of H-pyrrole nitrogens is 3. The number of aromatic amines is 3. The molecule has 9 aromatic rings. The van der Waals surface area contributed by atoms with Gasteiger partial charge in [-0.1, -0.05) is 134 Å². The van der Waals surface area contributed by atoms with Crippen molar-refractivity contribution < 1.29 is 23.2 Å². The second-order valence-electron chi connectivity index (χ2n) is 19.2. The number of nitrogens with one attached hydrogen (secondary N) is 5. The molecule has 12 rings (SSSR count). The third-order valence-electron chi connectivity index (χ3n) is 12.8. The van der Waals surface area contributed by atoms with E-state index in [9.17, 15) is 19.2 Å². The predicted octanol–water partition coefficient (Wildman–Crippen LogP) is 14.5. The van der Waals surface area contributed by atoms with Crippen molar-refractivity contribution in [1.82, 2.24) is 35.1 Å². The van der Waals surface area contributed by atoms with Crippen molar-refractivity contribution in [3.05, 3.63) is 169 Å². The molecule has 16 heteroatoms. The van der Waals surface area contributed by atoms with Gasteiger partial charge in [0, 0.05) is 29.5 Å². The van der Waals surface area contributed by atoms with Crippen LogP contribution in [0.2, 0.25) is 0 Å². The third kappa shape index (κ3) is 18.8. The van der Waals surface area contributed by atoms with E-state index in [2.05, 4.69) is 137 Å². The van der Waals surface area contributed by atoms with Crippen LogP contribution in [-0.2, 0) is 48.1 Å². The number of fused-ring (bicyclic) bond motifs is 6. The molecule has 0 saturated heterocycles. The molecule has 428 valence electrons. The Morgan fingerprint density at radius 3 is 1.77 bits per heavy atom. The molecule has 3 aromatic carbocycles. The van der Waals surface area contributed by atoms with Gasteiger partial charge in [0.15, 0.2) is 35.0 Å². The number of ether oxygens (including phenoxy) is 1. The molecule has 0 saturated carbocycles. The SMILES string of the molecule is CC.CC.CC.CC(C)c1ccc2[nH]c(=O)oc2c1.CC(C)c1ccc2c(c1)CCC2.CC(C)c1cnc2c(c1)CC(=O)N2.CCc1ccc2[nH]ncc2c1.CCc1cnc2[nH]c(=O)oc2c1.CCc1cnc2c(c1)OCC(=O)N2. The number of aryl methyl sites for hydroxylation is 5. The Labute approximate surface area is 471 Å². The van der Waals surface area contributed by atoms with Gasteiger partial charge in [-0.2, -0.15) is 5.10 Å². The Kier molecular flexibility index (Phi) is 26.3. The highest BCUT2D eigenvalue weighted by Gasteiger charge is 2.20. The van der Waals surface area contributed by atoms with Crippen LogP contribution in [0.25, 0.3) is 33.2 Å². The molecule has 5 N–H and O–H groups in total. The van der Waals surface area contributed by atoms with Crippen molar-refractivity contribution in [2.24, 2.45) is 0 Å². The summed E-state index contributed by atoms with van der Waals surface area (Å²) in [5.41, 5.74) is 15.1. The number of nitrogens with zero attached hydrogens (tertiary/aromatic N) is 4. The minimum atomic E-state index is -0.453. The van der Waals surface area contributed by atoms with Crippen LogP contribution in [0.1, 0.15) is 178 Å². The number of carbonyl (C=O) groups excluding carboxylic acids is 2. The lowest BCUT2D eigenvalue weighted by Gasteiger charge is -2.16. The molecule has 8 heterocycles. The van der Waals surface area contributed by atoms with Crippen molar-refractivity contribution in [2.45, 2.75) is 167 Å². The monoisotopic (exact) mass is 1090 g/mol. The van der Waals surface area contributed by atoms with Crippen LogP contribution in [0.3, 0.4) is 0 Å². The summed E-state index contributed by atoms with van der Waals surface area (Å²) in [6.07, 6.45) is 14.5. The maximum absolute atomic E-state index is 11.0. The Hall–Kier alpha value is -8.14. The van der Waals surface area contributed by atoms with Gasteiger partial charge in [-0.25, -0.2) is 24.5 Å². The van der Waals surface area contributed by atoms with Crippen LogP contribution in [0.5, 0.6) is 5.75 Å². The van der Waals surface area contributed by atoms with Gasteiger partial charge in [0.1, 0.15) is 5.82 Å². The molecule has 16 nitrogen and oxygen atoms in total. The number of aromatic nitrogens is 7. The summed E-state index contributed by atoms with van der Waals surface area (Å²) < 4.78 is 15.0. The molecule has 0 fully saturated rings. The van der Waals surface area contributed by atoms with E-state index in [-0.39, 0.29) is 18.4 Å². The molecule has 3 aliphatic rings. The Balaban J connectivity index is 0.000000203. The summed E-state index contributed by atoms with van der Waals surface area (Å²) in [5.74, 6) is 2.56. The molecular formula is C64H85N9O7. The average molecular weight is 1090 g/mol. The van der Waals surface area contributed by atoms with Crippen molar-refractivity contribution in [3.8, 4) is 5.75 Å². The fourth-order valence-corrected chi connectivity index (χ4v) is 8.19. The largest absolute Gasteiger partial charge is 0.480 e. The van der Waals surface area contributed by atoms with Crippen LogP contribution in [0, 0.1) is 0 Å². The molecule has 0 radical (unpaired) electrons. The van der Waals surface area contributed by atoms with Crippen molar-refractivity contribution in [3.63, 3.8) is 0 Å². The molecule has 0 atom stereocenters. The van der Waals surface area contributed by atoms with Gasteiger partial charge >= 0.3 is 11.5 Å². The first-order chi connectivity index (χ1) is 38.6. The van der Waals surface area contributed by atoms with Gasteiger partial charge in [-0.05, 0) is 143 Å². The van der Waals surface area contributed by atoms with E-state index in [4.69, 9.17) is 13.6 Å². The first-order valence-corrected chi connectivity index (χ1v) is 28.4. The van der Waals surface area contributed by atoms with Crippen LogP contribution < -0.4 is 26.9 Å². The highest BCUT2D eigenvalue weighted by atomic mass is 16.5. The summed E-state index contributed by atoms with van der Waals surface area (Å²) >= 11 is 0. The lowest BCUT2D eigenvalue weighted by atomic mass is 9.99. The van der Waals surface area contributed by atoms with Crippen LogP contribution in [0.4, 0.5) is 11.6 Å². The van der Waals surface area contributed by atoms with E-state index in [1.807, 2.05) is 98.1 Å². The molecule has 0 bridgehead atoms. The van der Waals surface area contributed by atoms with Crippen molar-refractivity contribution in [2.75, 3.05) is 17.2 Å². The highest BCUT2D eigenvalue weighted by molar-refractivity contribution is 5.98. The van der Waals surface area contributed by atoms with Gasteiger partial charge < -0.3 is 24.2 Å². The maximum Gasteiger partial charge on any atom is 0.418 e. The lowest BCUT2D eigenvalue weighted by molar-refractivity contribution is -0.118. The molecule has 2 amide bonds. The van der Waals surface area contributed by atoms with Crippen LogP contribution in [0.15, 0.2) is 116 Å². The van der Waals surface area contributed by atoms with Crippen LogP contribution >= 0.6 is 0 Å². The minimum absolute atomic E-state index is 0.0448. The lowest BCUT2D eigenvalue weighted by Crippen LogP contribution is -2.26. The number of hydrogen-bond donors (Lipinski definition) is 5. The Bertz CT molecular complexity index is 3470. The van der Waals surface area contributed by atoms with E-state index in [1.54, 1.807) is 23.5 Å². The number of benzene rings is 3. The van der Waals surface area contributed by atoms with Gasteiger partial charge in [-0.15, -0.1) is 0 Å². The fraction of sp³-hybridized carbons (Fsp3) is 0.406. The molecular weight excluding hydrogens is 1010 g/mol. The summed E-state index contributed by atoms with van der Waals surface area (Å²) in [6, 6.07) is 24.9. The van der Waals surface area contributed by atoms with Crippen molar-refractivity contribution >= 4 is 56.7 Å². The van der Waals surface area contributed by atoms with E-state index < -0.39 is 11.5 Å². The maximum atomic E-state index is 11.0. The smallest absolute Gasteiger partial charge is 0.418 e. The first kappa shape index (κ1) is 64.4. The number of carbonyl (C=O) groups is 2. The van der Waals surface area contributed by atoms with Crippen molar-refractivity contribution in [1.29, 1.82) is 0 Å². The summed E-state index contributed by atoms with van der Waals surface area (Å²) in [5, 5.41) is 13.4. The normalized spacial score (nSPS) is 12.1. The molecule has 6 aromatic heterocycles. The van der Waals surface area contributed by atoms with E-state index in [0.29, 0.717) is 52.6 Å². The van der Waals surface area contributed by atoms with E-state index in [1.165, 1.54) is 46.9 Å². The second kappa shape index (κ2) is 32.7. The minimum Gasteiger partial charge on any atom is -0.480 e. The number of hydrogen-bond acceptors (Lipinski definition) is 11. The molecule has 1 aliphatic carbocycles. The standard InChI is InChI=1S/C12H16.C10H12N2O.C10H11NO2.C9H10N2O2.C9H10N2.C8H8N2O2.3C2H6/c1-9(2)11-7-6-10-4-3-5-12(10)8-11;1-6(2)8-3-7-4-9(13)12-10(7)11-5-8;1-6(2)7-3-4-8-9(5-7)13-10(12)11-8;1-2-6-3-7-9(10-4-6)11-8(12)5-13-7;1-2-7-3-4-9-8(5-7)6-10-11-9;1-2-5-3-6-7(9-4-5)10-8(11)12-6;3*1-2/h6-9H,3-5H2,1-2H3;3,5-6H,4H2,1-2H3,(H,11,12,13);3-6H,1-2H3,(H,11,12);3-4H,2,5H2,1H3,(H,10,11,12);3-6H,2H2,1H3,(H,10,11);3-4H,2H2,1H3,(H,9,10,11);3*1-2H3. The second-order valence-corrected chi connectivity index (χ2v) is 19.2. The quantitative estimate of drug-likeness (QED) is 0.105. The van der Waals surface area contributed by atoms with Gasteiger partial charge in [0.25, 0.3) is 5.91 Å². The highest BCUT2D eigenvalue weighted by Crippen LogP contribution is 2.28. The molecule has 0 spiro atoms. The van der Waals surface area contributed by atoms with Gasteiger partial charge in [0.2, 0.25) is 5.91 Å². The predicted molar refractivity (Wildman–Crippen MR) is 325 cm³/mol. The summed E-state index contributed by atoms with van der Waals surface area (Å²) in [7, 11) is 0. The van der Waals surface area contributed by atoms with Gasteiger partial charge in [-0.3, -0.25) is 24.7 Å². The number of anilines is 2. The zero-order valence-electron chi connectivity index (χ0n) is 49.8. The number of oxazole rings is 2. The third-order valence-corrected chi connectivity index (χ3v) is 12.8. The summed E-state index contributed by atoms with van der Waals surface area (Å²) in [4.78, 5) is 60.9. The topological polar surface area (TPSA) is 227 Å². The average Bonchev–Trinajstić information content (AvgIpc) is 4.36. The first-order valence-electron chi connectivity index (χ1n) is 28.4. The summed E-state index contributed by atoms with van der Waals surface area (Å²) in [6.45, 7) is 31.3. The zero-order chi connectivity index (χ0) is 58.9.